The Hall–Kier alpha value is -1.85. The predicted molar refractivity (Wildman–Crippen MR) is 78.0 cm³/mol. The second kappa shape index (κ2) is 5.26. The first-order valence-electron chi connectivity index (χ1n) is 6.44. The summed E-state index contributed by atoms with van der Waals surface area (Å²) in [4.78, 5) is 18.8. The number of hydrogen-bond acceptors (Lipinski definition) is 3. The molecule has 2 aromatic rings. The van der Waals surface area contributed by atoms with Crippen molar-refractivity contribution in [2.75, 3.05) is 18.9 Å². The Balaban J connectivity index is 1.84. The molecule has 3 rings (SSSR count). The molecule has 0 saturated carbocycles. The van der Waals surface area contributed by atoms with E-state index in [4.69, 9.17) is 11.6 Å². The van der Waals surface area contributed by atoms with Crippen LogP contribution in [0, 0.1) is 0 Å². The number of amides is 1. The molecule has 1 aromatic carbocycles. The summed E-state index contributed by atoms with van der Waals surface area (Å²) in [6.07, 6.45) is 1.63. The number of carbonyl (C=O) groups is 1. The number of nitrogens with zero attached hydrogens (tertiary/aromatic N) is 3. The molecule has 104 valence electrons. The van der Waals surface area contributed by atoms with Gasteiger partial charge in [-0.25, -0.2) is 4.98 Å². The van der Waals surface area contributed by atoms with Gasteiger partial charge in [-0.1, -0.05) is 23.7 Å². The van der Waals surface area contributed by atoms with Crippen LogP contribution >= 0.6 is 11.6 Å². The van der Waals surface area contributed by atoms with Gasteiger partial charge in [-0.05, 0) is 19.2 Å². The van der Waals surface area contributed by atoms with Gasteiger partial charge in [-0.3, -0.25) is 9.69 Å². The van der Waals surface area contributed by atoms with Crippen LogP contribution in [0.25, 0.3) is 0 Å². The van der Waals surface area contributed by atoms with Crippen molar-refractivity contribution in [3.63, 3.8) is 0 Å². The summed E-state index contributed by atoms with van der Waals surface area (Å²) >= 11 is 6.05. The first-order chi connectivity index (χ1) is 9.65. The molecule has 1 N–H and O–H groups in total. The van der Waals surface area contributed by atoms with Gasteiger partial charge in [0.15, 0.2) is 0 Å². The smallest absolute Gasteiger partial charge is 0.273 e. The quantitative estimate of drug-likeness (QED) is 0.923. The Morgan fingerprint density at radius 1 is 1.35 bits per heavy atom. The summed E-state index contributed by atoms with van der Waals surface area (Å²) in [5, 5.41) is 3.36. The van der Waals surface area contributed by atoms with Crippen molar-refractivity contribution in [3.05, 3.63) is 47.0 Å². The van der Waals surface area contributed by atoms with E-state index in [2.05, 4.69) is 15.2 Å². The Labute approximate surface area is 122 Å². The lowest BCUT2D eigenvalue weighted by molar-refractivity contribution is 0.101. The lowest BCUT2D eigenvalue weighted by Gasteiger charge is -2.24. The minimum atomic E-state index is -0.179. The maximum Gasteiger partial charge on any atom is 0.273 e. The van der Waals surface area contributed by atoms with Gasteiger partial charge in [-0.15, -0.1) is 0 Å². The predicted octanol–water partition coefficient (Wildman–Crippen LogP) is 2.23. The molecule has 0 unspecified atom stereocenters. The summed E-state index contributed by atoms with van der Waals surface area (Å²) in [6, 6.07) is 7.19. The fourth-order valence-electron chi connectivity index (χ4n) is 2.31. The number of nitrogens with one attached hydrogen (secondary N) is 1. The minimum Gasteiger partial charge on any atom is -0.322 e. The zero-order valence-corrected chi connectivity index (χ0v) is 11.9. The van der Waals surface area contributed by atoms with Crippen molar-refractivity contribution in [1.82, 2.24) is 14.5 Å². The molecule has 1 aliphatic rings. The van der Waals surface area contributed by atoms with E-state index in [0.29, 0.717) is 16.4 Å². The van der Waals surface area contributed by atoms with Gasteiger partial charge in [0.2, 0.25) is 0 Å². The van der Waals surface area contributed by atoms with Crippen LogP contribution in [0.5, 0.6) is 0 Å². The number of likely N-dealkylation sites (N-methyl/N-ethyl adjacent to an activating group) is 1. The number of imidazole rings is 1. The third kappa shape index (κ3) is 2.42. The number of anilines is 1. The second-order valence-corrected chi connectivity index (χ2v) is 5.29. The lowest BCUT2D eigenvalue weighted by atomic mass is 10.3. The van der Waals surface area contributed by atoms with Crippen LogP contribution in [-0.2, 0) is 13.1 Å². The van der Waals surface area contributed by atoms with E-state index in [1.165, 1.54) is 0 Å². The Morgan fingerprint density at radius 3 is 2.95 bits per heavy atom. The number of carbonyl (C=O) groups excluding carboxylic acids is 1. The van der Waals surface area contributed by atoms with E-state index in [0.717, 1.165) is 25.5 Å². The third-order valence-electron chi connectivity index (χ3n) is 3.41. The molecule has 0 bridgehead atoms. The fourth-order valence-corrected chi connectivity index (χ4v) is 2.49. The van der Waals surface area contributed by atoms with E-state index in [1.54, 1.807) is 18.3 Å². The zero-order valence-electron chi connectivity index (χ0n) is 11.1. The molecule has 0 aliphatic carbocycles. The van der Waals surface area contributed by atoms with Gasteiger partial charge in [0.05, 0.1) is 23.5 Å². The average molecular weight is 291 g/mol. The highest BCUT2D eigenvalue weighted by molar-refractivity contribution is 6.33. The summed E-state index contributed by atoms with van der Waals surface area (Å²) in [5.41, 5.74) is 1.19. The van der Waals surface area contributed by atoms with Gasteiger partial charge in [0.1, 0.15) is 11.5 Å². The highest BCUT2D eigenvalue weighted by Gasteiger charge is 2.21. The van der Waals surface area contributed by atoms with Crippen LogP contribution in [0.4, 0.5) is 5.69 Å². The Morgan fingerprint density at radius 2 is 2.15 bits per heavy atom. The molecule has 1 aromatic heterocycles. The van der Waals surface area contributed by atoms with Gasteiger partial charge in [-0.2, -0.15) is 0 Å². The van der Waals surface area contributed by atoms with Crippen LogP contribution in [0.3, 0.4) is 0 Å². The molecule has 1 aliphatic heterocycles. The van der Waals surface area contributed by atoms with Crippen LogP contribution < -0.4 is 5.32 Å². The number of halogens is 1. The third-order valence-corrected chi connectivity index (χ3v) is 3.74. The number of fused-ring (bicyclic) bond motifs is 1. The van der Waals surface area contributed by atoms with E-state index in [-0.39, 0.29) is 5.91 Å². The van der Waals surface area contributed by atoms with Crippen molar-refractivity contribution < 1.29 is 4.79 Å². The molecule has 20 heavy (non-hydrogen) atoms. The Kier molecular flexibility index (Phi) is 3.46. The van der Waals surface area contributed by atoms with Gasteiger partial charge >= 0.3 is 0 Å². The highest BCUT2D eigenvalue weighted by atomic mass is 35.5. The highest BCUT2D eigenvalue weighted by Crippen LogP contribution is 2.22. The number of rotatable bonds is 2. The maximum absolute atomic E-state index is 12.3. The van der Waals surface area contributed by atoms with Crippen molar-refractivity contribution in [3.8, 4) is 0 Å². The van der Waals surface area contributed by atoms with Crippen LogP contribution in [0.15, 0.2) is 30.5 Å². The van der Waals surface area contributed by atoms with Gasteiger partial charge < -0.3 is 9.88 Å². The monoisotopic (exact) mass is 290 g/mol. The molecule has 0 saturated heterocycles. The first kappa shape index (κ1) is 13.1. The van der Waals surface area contributed by atoms with E-state index in [1.807, 2.05) is 23.7 Å². The summed E-state index contributed by atoms with van der Waals surface area (Å²) in [5.74, 6) is 0.740. The lowest BCUT2D eigenvalue weighted by Crippen LogP contribution is -2.32. The number of benzene rings is 1. The van der Waals surface area contributed by atoms with Crippen LogP contribution in [0.2, 0.25) is 5.02 Å². The zero-order chi connectivity index (χ0) is 14.1. The molecule has 2 heterocycles. The number of para-hydroxylation sites is 1. The molecule has 6 heteroatoms. The Bertz CT molecular complexity index is 652. The molecular weight excluding hydrogens is 276 g/mol. The molecule has 0 atom stereocenters. The van der Waals surface area contributed by atoms with Crippen molar-refractivity contribution >= 4 is 23.2 Å². The van der Waals surface area contributed by atoms with Crippen molar-refractivity contribution in [2.45, 2.75) is 13.1 Å². The standard InChI is InChI=1S/C14H15ClN4O/c1-18-6-7-19-12(8-16-13(19)9-18)14(20)17-11-5-3-2-4-10(11)15/h2-5,8H,6-7,9H2,1H3,(H,17,20). The van der Waals surface area contributed by atoms with Gasteiger partial charge in [0.25, 0.3) is 5.91 Å². The fraction of sp³-hybridized carbons (Fsp3) is 0.286. The summed E-state index contributed by atoms with van der Waals surface area (Å²) in [6.45, 7) is 2.45. The topological polar surface area (TPSA) is 50.2 Å². The SMILES string of the molecule is CN1CCn2c(C(=O)Nc3ccccc3Cl)cnc2C1. The molecule has 0 radical (unpaired) electrons. The second-order valence-electron chi connectivity index (χ2n) is 4.88. The normalized spacial score (nSPS) is 14.9. The number of hydrogen-bond donors (Lipinski definition) is 1. The first-order valence-corrected chi connectivity index (χ1v) is 6.82. The van der Waals surface area contributed by atoms with Crippen molar-refractivity contribution in [1.29, 1.82) is 0 Å². The van der Waals surface area contributed by atoms with Crippen LogP contribution in [0.1, 0.15) is 16.3 Å². The van der Waals surface area contributed by atoms with E-state index < -0.39 is 0 Å². The minimum absolute atomic E-state index is 0.179. The number of aromatic nitrogens is 2. The summed E-state index contributed by atoms with van der Waals surface area (Å²) < 4.78 is 1.96. The van der Waals surface area contributed by atoms with E-state index in [9.17, 15) is 4.79 Å². The van der Waals surface area contributed by atoms with Crippen LogP contribution in [-0.4, -0.2) is 34.0 Å². The largest absolute Gasteiger partial charge is 0.322 e. The maximum atomic E-state index is 12.3. The molecule has 1 amide bonds. The molecule has 0 fully saturated rings. The summed E-state index contributed by atoms with van der Waals surface area (Å²) in [7, 11) is 2.04. The van der Waals surface area contributed by atoms with Crippen molar-refractivity contribution in [2.24, 2.45) is 0 Å². The molecule has 5 nitrogen and oxygen atoms in total. The molecule has 0 spiro atoms. The average Bonchev–Trinajstić information content (AvgIpc) is 2.84. The van der Waals surface area contributed by atoms with E-state index >= 15 is 0 Å². The van der Waals surface area contributed by atoms with Gasteiger partial charge in [0, 0.05) is 13.1 Å². The molecular formula is C14H15ClN4O.